The summed E-state index contributed by atoms with van der Waals surface area (Å²) >= 11 is 7.53. The predicted molar refractivity (Wildman–Crippen MR) is 94.1 cm³/mol. The molecule has 2 unspecified atom stereocenters. The zero-order chi connectivity index (χ0) is 17.8. The summed E-state index contributed by atoms with van der Waals surface area (Å²) in [6.45, 7) is 2.24. The van der Waals surface area contributed by atoms with Gasteiger partial charge in [-0.3, -0.25) is 5.32 Å². The molecule has 1 aromatic carbocycles. The third-order valence-corrected chi connectivity index (χ3v) is 5.12. The van der Waals surface area contributed by atoms with Gasteiger partial charge in [-0.05, 0) is 40.9 Å². The summed E-state index contributed by atoms with van der Waals surface area (Å²) in [4.78, 5) is 0. The van der Waals surface area contributed by atoms with Crippen LogP contribution in [0.4, 0.5) is 0 Å². The molecule has 0 amide bonds. The molecule has 1 aliphatic rings. The highest BCUT2D eigenvalue weighted by atomic mass is 35.5. The van der Waals surface area contributed by atoms with Crippen LogP contribution in [0.2, 0.25) is 5.02 Å². The first-order valence-electron chi connectivity index (χ1n) is 7.73. The Labute approximate surface area is 153 Å². The molecular weight excluding hydrogens is 366 g/mol. The molecule has 4 N–H and O–H groups in total. The summed E-state index contributed by atoms with van der Waals surface area (Å²) in [6, 6.07) is 5.72. The average Bonchev–Trinajstić information content (AvgIpc) is 3.02. The van der Waals surface area contributed by atoms with Crippen LogP contribution < -0.4 is 10.6 Å². The van der Waals surface area contributed by atoms with Crippen molar-refractivity contribution in [2.45, 2.75) is 30.6 Å². The van der Waals surface area contributed by atoms with Crippen LogP contribution >= 0.6 is 23.4 Å². The molecule has 0 saturated heterocycles. The van der Waals surface area contributed by atoms with E-state index in [1.807, 2.05) is 18.2 Å². The first kappa shape index (κ1) is 18.0. The van der Waals surface area contributed by atoms with Crippen molar-refractivity contribution >= 4 is 29.2 Å². The molecule has 2 aromatic rings. The molecule has 0 spiro atoms. The van der Waals surface area contributed by atoms with Gasteiger partial charge in [0, 0.05) is 17.3 Å². The van der Waals surface area contributed by atoms with Gasteiger partial charge in [0.25, 0.3) is 0 Å². The molecule has 3 rings (SSSR count). The monoisotopic (exact) mass is 383 g/mol. The van der Waals surface area contributed by atoms with E-state index in [2.05, 4.69) is 26.1 Å². The van der Waals surface area contributed by atoms with Crippen molar-refractivity contribution in [3.8, 4) is 0 Å². The molecule has 1 aromatic heterocycles. The van der Waals surface area contributed by atoms with Gasteiger partial charge in [-0.2, -0.15) is 0 Å². The standard InChI is InChI=1S/C15H18ClN5O3S/c1-8(22)17-5-6-25-15-13(20-24-21-15)14(19-23)18-12-7-10-9(12)3-2-4-11(10)16/h2-4,8,12,17,22-23H,5-7H2,1H3,(H,18,19). The number of thioether (sulfide) groups is 1. The van der Waals surface area contributed by atoms with Gasteiger partial charge >= 0.3 is 0 Å². The quantitative estimate of drug-likeness (QED) is 0.109. The molecule has 0 aliphatic heterocycles. The number of oxime groups is 1. The highest BCUT2D eigenvalue weighted by Gasteiger charge is 2.30. The van der Waals surface area contributed by atoms with Crippen molar-refractivity contribution in [1.82, 2.24) is 20.9 Å². The van der Waals surface area contributed by atoms with Crippen LogP contribution in [0.25, 0.3) is 0 Å². The maximum atomic E-state index is 9.37. The number of hydrogen-bond donors (Lipinski definition) is 4. The summed E-state index contributed by atoms with van der Waals surface area (Å²) in [5.74, 6) is 0.843. The molecule has 2 atom stereocenters. The van der Waals surface area contributed by atoms with E-state index in [1.165, 1.54) is 11.8 Å². The van der Waals surface area contributed by atoms with Gasteiger partial charge in [0.05, 0.1) is 6.04 Å². The van der Waals surface area contributed by atoms with Gasteiger partial charge in [-0.1, -0.05) is 40.7 Å². The minimum absolute atomic E-state index is 0.00828. The van der Waals surface area contributed by atoms with E-state index < -0.39 is 6.23 Å². The van der Waals surface area contributed by atoms with Gasteiger partial charge in [-0.15, -0.1) is 0 Å². The average molecular weight is 384 g/mol. The lowest BCUT2D eigenvalue weighted by Gasteiger charge is -2.32. The normalized spacial score (nSPS) is 17.7. The highest BCUT2D eigenvalue weighted by molar-refractivity contribution is 7.99. The second-order valence-electron chi connectivity index (χ2n) is 5.55. The van der Waals surface area contributed by atoms with Crippen molar-refractivity contribution in [3.63, 3.8) is 0 Å². The Balaban J connectivity index is 1.64. The van der Waals surface area contributed by atoms with E-state index in [0.717, 1.165) is 22.6 Å². The number of nitrogens with zero attached hydrogens (tertiary/aromatic N) is 3. The summed E-state index contributed by atoms with van der Waals surface area (Å²) < 4.78 is 4.78. The fourth-order valence-corrected chi connectivity index (χ4v) is 3.60. The Hall–Kier alpha value is -1.81. The summed E-state index contributed by atoms with van der Waals surface area (Å²) in [6.07, 6.45) is 0.164. The lowest BCUT2D eigenvalue weighted by Crippen LogP contribution is -2.36. The number of halogens is 1. The van der Waals surface area contributed by atoms with Gasteiger partial charge in [0.15, 0.2) is 16.6 Å². The molecule has 25 heavy (non-hydrogen) atoms. The van der Waals surface area contributed by atoms with Crippen LogP contribution in [0, 0.1) is 0 Å². The van der Waals surface area contributed by atoms with Gasteiger partial charge < -0.3 is 15.6 Å². The minimum Gasteiger partial charge on any atom is -0.409 e. The van der Waals surface area contributed by atoms with E-state index in [4.69, 9.17) is 16.2 Å². The fraction of sp³-hybridized carbons (Fsp3) is 0.400. The van der Waals surface area contributed by atoms with E-state index in [1.54, 1.807) is 6.92 Å². The van der Waals surface area contributed by atoms with Crippen molar-refractivity contribution in [3.05, 3.63) is 40.0 Å². The Kier molecular flexibility index (Phi) is 5.79. The fourth-order valence-electron chi connectivity index (χ4n) is 2.57. The zero-order valence-corrected chi connectivity index (χ0v) is 15.0. The SMILES string of the molecule is CC(O)NCCSc1nonc1/C(=N/O)NC1Cc2c(Cl)cccc21. The van der Waals surface area contributed by atoms with E-state index in [0.29, 0.717) is 23.0 Å². The smallest absolute Gasteiger partial charge is 0.198 e. The highest BCUT2D eigenvalue weighted by Crippen LogP contribution is 2.38. The molecule has 0 bridgehead atoms. The van der Waals surface area contributed by atoms with Crippen LogP contribution in [0.1, 0.15) is 29.8 Å². The second kappa shape index (κ2) is 8.05. The Morgan fingerprint density at radius 3 is 3.12 bits per heavy atom. The van der Waals surface area contributed by atoms with Crippen molar-refractivity contribution < 1.29 is 14.9 Å². The number of nitrogens with one attached hydrogen (secondary N) is 2. The van der Waals surface area contributed by atoms with E-state index in [9.17, 15) is 10.3 Å². The number of rotatable bonds is 7. The lowest BCUT2D eigenvalue weighted by molar-refractivity contribution is 0.160. The summed E-state index contributed by atoms with van der Waals surface area (Å²) in [7, 11) is 0. The van der Waals surface area contributed by atoms with E-state index >= 15 is 0 Å². The number of aliphatic hydroxyl groups is 1. The zero-order valence-electron chi connectivity index (χ0n) is 13.4. The van der Waals surface area contributed by atoms with Crippen molar-refractivity contribution in [2.24, 2.45) is 5.16 Å². The topological polar surface area (TPSA) is 116 Å². The molecule has 0 saturated carbocycles. The molecule has 1 heterocycles. The number of aromatic nitrogens is 2. The van der Waals surface area contributed by atoms with Crippen molar-refractivity contribution in [1.29, 1.82) is 0 Å². The van der Waals surface area contributed by atoms with Gasteiger partial charge in [-0.25, -0.2) is 4.63 Å². The number of fused-ring (bicyclic) bond motifs is 1. The molecule has 10 heteroatoms. The van der Waals surface area contributed by atoms with Crippen LogP contribution in [0.3, 0.4) is 0 Å². The summed E-state index contributed by atoms with van der Waals surface area (Å²) in [5, 5.41) is 36.8. The Bertz CT molecular complexity index is 767. The molecule has 8 nitrogen and oxygen atoms in total. The third kappa shape index (κ3) is 4.06. The van der Waals surface area contributed by atoms with Gasteiger partial charge in [0.1, 0.15) is 6.23 Å². The van der Waals surface area contributed by atoms with Crippen LogP contribution in [-0.2, 0) is 6.42 Å². The first-order valence-corrected chi connectivity index (χ1v) is 9.09. The maximum absolute atomic E-state index is 9.37. The molecule has 0 radical (unpaired) electrons. The van der Waals surface area contributed by atoms with Crippen LogP contribution in [-0.4, -0.2) is 45.0 Å². The second-order valence-corrected chi connectivity index (χ2v) is 7.04. The largest absolute Gasteiger partial charge is 0.409 e. The van der Waals surface area contributed by atoms with Gasteiger partial charge in [0.2, 0.25) is 0 Å². The molecule has 0 fully saturated rings. The molecule has 1 aliphatic carbocycles. The molecular formula is C15H18ClN5O3S. The Morgan fingerprint density at radius 2 is 2.36 bits per heavy atom. The Morgan fingerprint density at radius 1 is 1.52 bits per heavy atom. The predicted octanol–water partition coefficient (Wildman–Crippen LogP) is 1.77. The number of aliphatic hydroxyl groups excluding tert-OH is 1. The lowest BCUT2D eigenvalue weighted by atomic mass is 9.83. The van der Waals surface area contributed by atoms with E-state index in [-0.39, 0.29) is 11.9 Å². The third-order valence-electron chi connectivity index (χ3n) is 3.81. The maximum Gasteiger partial charge on any atom is 0.198 e. The van der Waals surface area contributed by atoms with Crippen LogP contribution in [0.5, 0.6) is 0 Å². The van der Waals surface area contributed by atoms with Crippen molar-refractivity contribution in [2.75, 3.05) is 12.3 Å². The number of hydrogen-bond acceptors (Lipinski definition) is 8. The summed E-state index contributed by atoms with van der Waals surface area (Å²) in [5.41, 5.74) is 2.51. The molecule has 134 valence electrons. The minimum atomic E-state index is -0.572. The van der Waals surface area contributed by atoms with Crippen LogP contribution in [0.15, 0.2) is 33.0 Å². The number of benzene rings is 1. The number of amidine groups is 1. The first-order chi connectivity index (χ1) is 12.1.